The molecule has 0 heterocycles. The molecule has 0 aromatic heterocycles. The SMILES string of the molecule is CC(C)OC(=O)Cl.O=C(O)O. The molecule has 11 heavy (non-hydrogen) atoms. The van der Waals surface area contributed by atoms with Crippen LogP contribution in [0.2, 0.25) is 0 Å². The quantitative estimate of drug-likeness (QED) is 0.609. The highest BCUT2D eigenvalue weighted by atomic mass is 35.5. The third kappa shape index (κ3) is 48.6. The van der Waals surface area contributed by atoms with Gasteiger partial charge in [-0.05, 0) is 13.8 Å². The zero-order valence-corrected chi connectivity index (χ0v) is 6.83. The van der Waals surface area contributed by atoms with Crippen LogP contribution in [0.3, 0.4) is 0 Å². The molecule has 0 aliphatic carbocycles. The second-order valence-electron chi connectivity index (χ2n) is 1.69. The second-order valence-corrected chi connectivity index (χ2v) is 2.00. The number of carbonyl (C=O) groups excluding carboxylic acids is 1. The molecule has 0 aromatic rings. The molecule has 0 rings (SSSR count). The average molecular weight is 185 g/mol. The summed E-state index contributed by atoms with van der Waals surface area (Å²) < 4.78 is 4.38. The first-order valence-corrected chi connectivity index (χ1v) is 3.02. The number of halogens is 1. The Morgan fingerprint density at radius 1 is 1.36 bits per heavy atom. The number of carbonyl (C=O) groups is 2. The smallest absolute Gasteiger partial charge is 0.451 e. The van der Waals surface area contributed by atoms with Gasteiger partial charge in [0.1, 0.15) is 0 Å². The molecule has 0 aliphatic rings. The minimum atomic E-state index is -1.83. The van der Waals surface area contributed by atoms with E-state index in [2.05, 4.69) is 4.74 Å². The molecule has 0 saturated heterocycles. The van der Waals surface area contributed by atoms with Crippen LogP contribution in [0.15, 0.2) is 0 Å². The Hall–Kier alpha value is -0.970. The van der Waals surface area contributed by atoms with Crippen molar-refractivity contribution in [2.24, 2.45) is 0 Å². The molecule has 0 fully saturated rings. The molecule has 0 spiro atoms. The van der Waals surface area contributed by atoms with Gasteiger partial charge in [-0.25, -0.2) is 9.59 Å². The number of ether oxygens (including phenoxy) is 1. The highest BCUT2D eigenvalue weighted by Gasteiger charge is 1.96. The normalized spacial score (nSPS) is 8.00. The number of carboxylic acid groups (broad SMARTS) is 2. The van der Waals surface area contributed by atoms with E-state index >= 15 is 0 Å². The van der Waals surface area contributed by atoms with Crippen molar-refractivity contribution in [2.75, 3.05) is 0 Å². The second kappa shape index (κ2) is 7.14. The van der Waals surface area contributed by atoms with Crippen LogP contribution >= 0.6 is 11.6 Å². The average Bonchev–Trinajstić information content (AvgIpc) is 1.56. The predicted molar refractivity (Wildman–Crippen MR) is 38.1 cm³/mol. The van der Waals surface area contributed by atoms with Crippen LogP contribution in [0, 0.1) is 0 Å². The molecule has 2 N–H and O–H groups in total. The molecule has 0 aromatic carbocycles. The van der Waals surface area contributed by atoms with Crippen LogP contribution in [-0.2, 0) is 4.74 Å². The molecule has 0 radical (unpaired) electrons. The molecule has 0 atom stereocenters. The first kappa shape index (κ1) is 12.7. The van der Waals surface area contributed by atoms with Crippen LogP contribution < -0.4 is 0 Å². The highest BCUT2D eigenvalue weighted by molar-refractivity contribution is 6.61. The monoisotopic (exact) mass is 184 g/mol. The third-order valence-corrected chi connectivity index (χ3v) is 0.417. The van der Waals surface area contributed by atoms with E-state index in [1.807, 2.05) is 0 Å². The molecule has 66 valence electrons. The number of hydrogen-bond donors (Lipinski definition) is 2. The van der Waals surface area contributed by atoms with Crippen LogP contribution in [0.1, 0.15) is 13.8 Å². The van der Waals surface area contributed by atoms with Crippen molar-refractivity contribution in [1.82, 2.24) is 0 Å². The Balaban J connectivity index is 0. The van der Waals surface area contributed by atoms with Gasteiger partial charge < -0.3 is 14.9 Å². The van der Waals surface area contributed by atoms with Crippen LogP contribution in [0.5, 0.6) is 0 Å². The predicted octanol–water partition coefficient (Wildman–Crippen LogP) is 1.99. The van der Waals surface area contributed by atoms with E-state index < -0.39 is 11.6 Å². The van der Waals surface area contributed by atoms with Gasteiger partial charge in [0.05, 0.1) is 6.10 Å². The summed E-state index contributed by atoms with van der Waals surface area (Å²) in [7, 11) is 0. The van der Waals surface area contributed by atoms with Crippen molar-refractivity contribution in [3.63, 3.8) is 0 Å². The van der Waals surface area contributed by atoms with E-state index in [0.717, 1.165) is 0 Å². The Labute approximate surface area is 68.5 Å². The zero-order chi connectivity index (χ0) is 9.44. The van der Waals surface area contributed by atoms with Gasteiger partial charge in [0, 0.05) is 11.6 Å². The van der Waals surface area contributed by atoms with Crippen LogP contribution in [0.4, 0.5) is 9.59 Å². The van der Waals surface area contributed by atoms with Crippen LogP contribution in [0.25, 0.3) is 0 Å². The van der Waals surface area contributed by atoms with E-state index in [1.54, 1.807) is 13.8 Å². The fourth-order valence-corrected chi connectivity index (χ4v) is 0.363. The first-order valence-electron chi connectivity index (χ1n) is 2.64. The van der Waals surface area contributed by atoms with E-state index in [1.165, 1.54) is 0 Å². The molecule has 6 heteroatoms. The maximum Gasteiger partial charge on any atom is 0.503 e. The molecule has 5 nitrogen and oxygen atoms in total. The van der Waals surface area contributed by atoms with Gasteiger partial charge in [-0.15, -0.1) is 0 Å². The molecule has 0 bridgehead atoms. The van der Waals surface area contributed by atoms with Crippen LogP contribution in [-0.4, -0.2) is 27.9 Å². The molecular weight excluding hydrogens is 176 g/mol. The van der Waals surface area contributed by atoms with Gasteiger partial charge in [-0.3, -0.25) is 0 Å². The lowest BCUT2D eigenvalue weighted by molar-refractivity contribution is 0.136. The summed E-state index contributed by atoms with van der Waals surface area (Å²) in [4.78, 5) is 18.4. The Morgan fingerprint density at radius 2 is 1.64 bits per heavy atom. The van der Waals surface area contributed by atoms with Crippen molar-refractivity contribution in [3.05, 3.63) is 0 Å². The third-order valence-electron chi connectivity index (χ3n) is 0.328. The van der Waals surface area contributed by atoms with Crippen molar-refractivity contribution in [3.8, 4) is 0 Å². The maximum atomic E-state index is 9.80. The maximum absolute atomic E-state index is 9.80. The summed E-state index contributed by atoms with van der Waals surface area (Å²) in [6.07, 6.45) is -1.94. The van der Waals surface area contributed by atoms with Gasteiger partial charge in [-0.2, -0.15) is 0 Å². The first-order chi connectivity index (χ1) is 4.86. The lowest BCUT2D eigenvalue weighted by Crippen LogP contribution is -2.03. The van der Waals surface area contributed by atoms with Crippen molar-refractivity contribution in [1.29, 1.82) is 0 Å². The minimum absolute atomic E-state index is 0.106. The van der Waals surface area contributed by atoms with E-state index in [9.17, 15) is 4.79 Å². The van der Waals surface area contributed by atoms with E-state index in [4.69, 9.17) is 26.6 Å². The lowest BCUT2D eigenvalue weighted by atomic mass is 10.5. The highest BCUT2D eigenvalue weighted by Crippen LogP contribution is 1.92. The Kier molecular flexibility index (Phi) is 8.23. The van der Waals surface area contributed by atoms with E-state index in [0.29, 0.717) is 0 Å². The van der Waals surface area contributed by atoms with Crippen molar-refractivity contribution < 1.29 is 24.5 Å². The summed E-state index contributed by atoms with van der Waals surface area (Å²) in [5.74, 6) is 0. The van der Waals surface area contributed by atoms with Gasteiger partial charge in [0.15, 0.2) is 0 Å². The molecule has 0 aliphatic heterocycles. The molecule has 0 amide bonds. The van der Waals surface area contributed by atoms with Crippen molar-refractivity contribution >= 4 is 23.2 Å². The Morgan fingerprint density at radius 3 is 1.64 bits per heavy atom. The summed E-state index contributed by atoms with van der Waals surface area (Å²) in [5.41, 5.74) is -0.741. The minimum Gasteiger partial charge on any atom is -0.451 e. The van der Waals surface area contributed by atoms with Gasteiger partial charge in [0.2, 0.25) is 0 Å². The van der Waals surface area contributed by atoms with Gasteiger partial charge >= 0.3 is 11.6 Å². The summed E-state index contributed by atoms with van der Waals surface area (Å²) in [6.45, 7) is 3.47. The molecule has 0 unspecified atom stereocenters. The van der Waals surface area contributed by atoms with Gasteiger partial charge in [0.25, 0.3) is 0 Å². The lowest BCUT2D eigenvalue weighted by Gasteiger charge is -2.00. The number of rotatable bonds is 1. The van der Waals surface area contributed by atoms with Crippen molar-refractivity contribution in [2.45, 2.75) is 20.0 Å². The van der Waals surface area contributed by atoms with E-state index in [-0.39, 0.29) is 6.10 Å². The fourth-order valence-electron chi connectivity index (χ4n) is 0.185. The van der Waals surface area contributed by atoms with Gasteiger partial charge in [-0.1, -0.05) is 0 Å². The Bertz CT molecular complexity index is 129. The largest absolute Gasteiger partial charge is 0.503 e. The zero-order valence-electron chi connectivity index (χ0n) is 6.07. The standard InChI is InChI=1S/C4H7ClO2.CH2O3/c1-3(2)7-4(5)6;2-1(3)4/h3H,1-2H3;(H2,2,3,4). The summed E-state index contributed by atoms with van der Waals surface area (Å²) in [5, 5.41) is 13.9. The summed E-state index contributed by atoms with van der Waals surface area (Å²) in [6, 6.07) is 0. The number of hydrogen-bond acceptors (Lipinski definition) is 3. The topological polar surface area (TPSA) is 83.8 Å². The summed E-state index contributed by atoms with van der Waals surface area (Å²) >= 11 is 4.81. The fraction of sp³-hybridized carbons (Fsp3) is 0.600. The molecule has 0 saturated carbocycles. The molecular formula is C5H9ClO5.